The highest BCUT2D eigenvalue weighted by atomic mass is 79.9. The summed E-state index contributed by atoms with van der Waals surface area (Å²) in [5.41, 5.74) is 1.53. The SMILES string of the molecule is CCNC1CC(Oc2ccc(C)cc2Br)C1(CC)CC. The smallest absolute Gasteiger partial charge is 0.133 e. The van der Waals surface area contributed by atoms with Gasteiger partial charge in [-0.05, 0) is 59.9 Å². The largest absolute Gasteiger partial charge is 0.489 e. The first kappa shape index (κ1) is 15.8. The van der Waals surface area contributed by atoms with Crippen molar-refractivity contribution in [3.63, 3.8) is 0 Å². The molecule has 1 aliphatic carbocycles. The second kappa shape index (κ2) is 6.48. The third-order valence-electron chi connectivity index (χ3n) is 4.91. The minimum Gasteiger partial charge on any atom is -0.489 e. The zero-order valence-corrected chi connectivity index (χ0v) is 14.6. The topological polar surface area (TPSA) is 21.3 Å². The number of aryl methyl sites for hydroxylation is 1. The molecule has 0 aromatic heterocycles. The van der Waals surface area contributed by atoms with Gasteiger partial charge in [-0.1, -0.05) is 26.8 Å². The van der Waals surface area contributed by atoms with Crippen LogP contribution in [0.1, 0.15) is 45.6 Å². The van der Waals surface area contributed by atoms with Crippen molar-refractivity contribution < 1.29 is 4.74 Å². The quantitative estimate of drug-likeness (QED) is 0.811. The van der Waals surface area contributed by atoms with Gasteiger partial charge in [0, 0.05) is 17.9 Å². The van der Waals surface area contributed by atoms with E-state index in [4.69, 9.17) is 4.74 Å². The summed E-state index contributed by atoms with van der Waals surface area (Å²) in [7, 11) is 0. The van der Waals surface area contributed by atoms with Crippen LogP contribution in [0.3, 0.4) is 0 Å². The van der Waals surface area contributed by atoms with Crippen molar-refractivity contribution in [3.05, 3.63) is 28.2 Å². The average Bonchev–Trinajstić information content (AvgIpc) is 2.41. The van der Waals surface area contributed by atoms with Gasteiger partial charge in [-0.15, -0.1) is 0 Å². The summed E-state index contributed by atoms with van der Waals surface area (Å²) in [4.78, 5) is 0. The zero-order chi connectivity index (χ0) is 14.8. The van der Waals surface area contributed by atoms with Crippen LogP contribution in [0.2, 0.25) is 0 Å². The van der Waals surface area contributed by atoms with E-state index in [-0.39, 0.29) is 5.41 Å². The lowest BCUT2D eigenvalue weighted by Gasteiger charge is -2.55. The van der Waals surface area contributed by atoms with Gasteiger partial charge in [0.25, 0.3) is 0 Å². The molecule has 0 bridgehead atoms. The maximum absolute atomic E-state index is 6.32. The van der Waals surface area contributed by atoms with E-state index in [0.29, 0.717) is 12.1 Å². The van der Waals surface area contributed by atoms with Crippen LogP contribution in [0, 0.1) is 12.3 Å². The normalized spacial score (nSPS) is 24.2. The number of hydrogen-bond acceptors (Lipinski definition) is 2. The van der Waals surface area contributed by atoms with Crippen molar-refractivity contribution in [3.8, 4) is 5.75 Å². The molecule has 2 nitrogen and oxygen atoms in total. The van der Waals surface area contributed by atoms with E-state index in [0.717, 1.165) is 36.0 Å². The second-order valence-corrected chi connectivity index (χ2v) is 6.68. The number of ether oxygens (including phenoxy) is 1. The molecule has 2 atom stereocenters. The van der Waals surface area contributed by atoms with E-state index in [1.165, 1.54) is 5.56 Å². The van der Waals surface area contributed by atoms with Crippen LogP contribution >= 0.6 is 15.9 Å². The van der Waals surface area contributed by atoms with Gasteiger partial charge in [-0.3, -0.25) is 0 Å². The minimum atomic E-state index is 0.278. The highest BCUT2D eigenvalue weighted by Gasteiger charge is 2.53. The highest BCUT2D eigenvalue weighted by Crippen LogP contribution is 2.49. The molecule has 1 fully saturated rings. The van der Waals surface area contributed by atoms with Gasteiger partial charge in [0.1, 0.15) is 11.9 Å². The molecule has 0 spiro atoms. The highest BCUT2D eigenvalue weighted by molar-refractivity contribution is 9.10. The van der Waals surface area contributed by atoms with Crippen LogP contribution in [0.15, 0.2) is 22.7 Å². The van der Waals surface area contributed by atoms with Crippen molar-refractivity contribution in [2.24, 2.45) is 5.41 Å². The van der Waals surface area contributed by atoms with Crippen molar-refractivity contribution in [2.45, 2.75) is 59.1 Å². The molecule has 3 heteroatoms. The van der Waals surface area contributed by atoms with Crippen molar-refractivity contribution in [2.75, 3.05) is 6.54 Å². The Bertz CT molecular complexity index is 456. The first-order valence-corrected chi connectivity index (χ1v) is 8.52. The molecule has 0 radical (unpaired) electrons. The fraction of sp³-hybridized carbons (Fsp3) is 0.647. The van der Waals surface area contributed by atoms with Crippen molar-refractivity contribution in [1.29, 1.82) is 0 Å². The molecule has 1 saturated carbocycles. The number of hydrogen-bond donors (Lipinski definition) is 1. The van der Waals surface area contributed by atoms with Crippen LogP contribution in [-0.4, -0.2) is 18.7 Å². The summed E-state index contributed by atoms with van der Waals surface area (Å²) in [5.74, 6) is 0.974. The first-order chi connectivity index (χ1) is 9.57. The van der Waals surface area contributed by atoms with E-state index < -0.39 is 0 Å². The van der Waals surface area contributed by atoms with E-state index in [9.17, 15) is 0 Å². The molecule has 2 rings (SSSR count). The molecule has 1 aromatic carbocycles. The molecule has 1 N–H and O–H groups in total. The van der Waals surface area contributed by atoms with E-state index in [1.54, 1.807) is 0 Å². The Morgan fingerprint density at radius 1 is 1.30 bits per heavy atom. The molecule has 2 unspecified atom stereocenters. The Hall–Kier alpha value is -0.540. The van der Waals surface area contributed by atoms with E-state index in [2.05, 4.69) is 67.1 Å². The summed E-state index contributed by atoms with van der Waals surface area (Å²) in [6.45, 7) is 9.89. The predicted molar refractivity (Wildman–Crippen MR) is 88.4 cm³/mol. The first-order valence-electron chi connectivity index (χ1n) is 7.73. The van der Waals surface area contributed by atoms with Crippen LogP contribution in [0.5, 0.6) is 5.75 Å². The lowest BCUT2D eigenvalue weighted by molar-refractivity contribution is -0.0857. The Morgan fingerprint density at radius 3 is 2.55 bits per heavy atom. The molecule has 1 aromatic rings. The Labute approximate surface area is 131 Å². The summed E-state index contributed by atoms with van der Waals surface area (Å²) in [6, 6.07) is 6.91. The number of rotatable bonds is 6. The molecule has 20 heavy (non-hydrogen) atoms. The van der Waals surface area contributed by atoms with Gasteiger partial charge in [-0.2, -0.15) is 0 Å². The van der Waals surface area contributed by atoms with Crippen LogP contribution in [0.4, 0.5) is 0 Å². The Morgan fingerprint density at radius 2 is 2.00 bits per heavy atom. The van der Waals surface area contributed by atoms with E-state index >= 15 is 0 Å². The molecule has 112 valence electrons. The Balaban J connectivity index is 2.13. The summed E-state index contributed by atoms with van der Waals surface area (Å²) in [6.07, 6.45) is 3.75. The fourth-order valence-corrected chi connectivity index (χ4v) is 4.09. The summed E-state index contributed by atoms with van der Waals surface area (Å²) < 4.78 is 7.38. The fourth-order valence-electron chi connectivity index (χ4n) is 3.50. The molecule has 0 amide bonds. The molecular formula is C17H26BrNO. The van der Waals surface area contributed by atoms with Gasteiger partial charge < -0.3 is 10.1 Å². The van der Waals surface area contributed by atoms with Gasteiger partial charge in [0.15, 0.2) is 0 Å². The van der Waals surface area contributed by atoms with Crippen molar-refractivity contribution >= 4 is 15.9 Å². The number of benzene rings is 1. The second-order valence-electron chi connectivity index (χ2n) is 5.83. The predicted octanol–water partition coefficient (Wildman–Crippen LogP) is 4.69. The van der Waals surface area contributed by atoms with E-state index in [1.807, 2.05) is 0 Å². The third kappa shape index (κ3) is 2.75. The monoisotopic (exact) mass is 339 g/mol. The lowest BCUT2D eigenvalue weighted by atomic mass is 9.58. The van der Waals surface area contributed by atoms with Gasteiger partial charge >= 0.3 is 0 Å². The Kier molecular flexibility index (Phi) is 5.14. The minimum absolute atomic E-state index is 0.278. The third-order valence-corrected chi connectivity index (χ3v) is 5.53. The standard InChI is InChI=1S/C17H26BrNO/c1-5-17(6-2)15(19-7-3)11-16(17)20-14-9-8-12(4)10-13(14)18/h8-10,15-16,19H,5-7,11H2,1-4H3. The average molecular weight is 340 g/mol. The maximum atomic E-state index is 6.32. The summed E-state index contributed by atoms with van der Waals surface area (Å²) in [5, 5.41) is 3.62. The molecule has 0 aliphatic heterocycles. The molecule has 0 heterocycles. The van der Waals surface area contributed by atoms with Crippen LogP contribution in [-0.2, 0) is 0 Å². The lowest BCUT2D eigenvalue weighted by Crippen LogP contribution is -2.64. The van der Waals surface area contributed by atoms with Gasteiger partial charge in [-0.25, -0.2) is 0 Å². The zero-order valence-electron chi connectivity index (χ0n) is 13.0. The summed E-state index contributed by atoms with van der Waals surface area (Å²) >= 11 is 3.62. The van der Waals surface area contributed by atoms with Gasteiger partial charge in [0.2, 0.25) is 0 Å². The molecular weight excluding hydrogens is 314 g/mol. The van der Waals surface area contributed by atoms with Crippen LogP contribution in [0.25, 0.3) is 0 Å². The molecule has 1 aliphatic rings. The number of nitrogens with one attached hydrogen (secondary N) is 1. The number of halogens is 1. The van der Waals surface area contributed by atoms with Crippen molar-refractivity contribution in [1.82, 2.24) is 5.32 Å². The van der Waals surface area contributed by atoms with Gasteiger partial charge in [0.05, 0.1) is 4.47 Å². The maximum Gasteiger partial charge on any atom is 0.133 e. The molecule has 0 saturated heterocycles. The van der Waals surface area contributed by atoms with Crippen LogP contribution < -0.4 is 10.1 Å².